The minimum atomic E-state index is -0.420. The number of benzene rings is 2. The quantitative estimate of drug-likeness (QED) is 0.105. The highest BCUT2D eigenvalue weighted by atomic mass is 32.2. The Balaban J connectivity index is 2.60. The van der Waals surface area contributed by atoms with E-state index in [2.05, 4.69) is 121 Å². The molecule has 234 valence electrons. The van der Waals surface area contributed by atoms with Crippen LogP contribution in [0.2, 0.25) is 0 Å². The molecule has 0 aliphatic heterocycles. The van der Waals surface area contributed by atoms with Crippen molar-refractivity contribution in [3.63, 3.8) is 0 Å². The van der Waals surface area contributed by atoms with Gasteiger partial charge in [-0.2, -0.15) is 0 Å². The Labute approximate surface area is 264 Å². The van der Waals surface area contributed by atoms with Gasteiger partial charge in [0.15, 0.2) is 0 Å². The lowest BCUT2D eigenvalue weighted by Gasteiger charge is -2.32. The van der Waals surface area contributed by atoms with E-state index in [1.165, 1.54) is 12.3 Å². The predicted molar refractivity (Wildman–Crippen MR) is 182 cm³/mol. The van der Waals surface area contributed by atoms with Crippen LogP contribution in [0.1, 0.15) is 126 Å². The molecule has 42 heavy (non-hydrogen) atoms. The van der Waals surface area contributed by atoms with Crippen molar-refractivity contribution in [3.8, 4) is 11.5 Å². The van der Waals surface area contributed by atoms with Crippen LogP contribution in [-0.4, -0.2) is 21.8 Å². The van der Waals surface area contributed by atoms with Crippen molar-refractivity contribution >= 4 is 29.5 Å². The molecule has 0 saturated carbocycles. The molecule has 0 spiro atoms. The number of esters is 1. The van der Waals surface area contributed by atoms with Gasteiger partial charge in [-0.05, 0) is 66.7 Å². The lowest BCUT2D eigenvalue weighted by Crippen LogP contribution is -2.20. The SMILES string of the molecule is CCOC(=O)/C=C/Oc1c(C(C)(C)C)cc(SC(C)(C)Sc2cc(C(C)(C)C)c(O)c(C(C)(C)C)c2)cc1C(C)(C)C. The van der Waals surface area contributed by atoms with Crippen molar-refractivity contribution in [2.24, 2.45) is 0 Å². The summed E-state index contributed by atoms with van der Waals surface area (Å²) >= 11 is 3.65. The Bertz CT molecular complexity index is 1220. The van der Waals surface area contributed by atoms with Crippen LogP contribution in [0, 0.1) is 0 Å². The lowest BCUT2D eigenvalue weighted by molar-refractivity contribution is -0.137. The Morgan fingerprint density at radius 1 is 0.690 bits per heavy atom. The average molecular weight is 615 g/mol. The summed E-state index contributed by atoms with van der Waals surface area (Å²) in [4.78, 5) is 14.2. The topological polar surface area (TPSA) is 55.8 Å². The maximum atomic E-state index is 11.9. The number of hydrogen-bond donors (Lipinski definition) is 1. The van der Waals surface area contributed by atoms with E-state index < -0.39 is 5.97 Å². The summed E-state index contributed by atoms with van der Waals surface area (Å²) in [7, 11) is 0. The molecule has 0 aromatic heterocycles. The smallest absolute Gasteiger partial charge is 0.333 e. The summed E-state index contributed by atoms with van der Waals surface area (Å²) in [5, 5.41) is 11.2. The van der Waals surface area contributed by atoms with E-state index in [1.807, 2.05) is 23.5 Å². The van der Waals surface area contributed by atoms with Gasteiger partial charge in [0.25, 0.3) is 0 Å². The van der Waals surface area contributed by atoms with Crippen LogP contribution in [0.15, 0.2) is 46.4 Å². The molecule has 0 fully saturated rings. The number of rotatable bonds is 8. The number of carbonyl (C=O) groups excluding carboxylic acids is 1. The number of aromatic hydroxyl groups is 1. The number of ether oxygens (including phenoxy) is 2. The number of phenolic OH excluding ortho intramolecular Hbond substituents is 1. The maximum Gasteiger partial charge on any atom is 0.333 e. The lowest BCUT2D eigenvalue weighted by atomic mass is 9.79. The Hall–Kier alpha value is -2.05. The van der Waals surface area contributed by atoms with Gasteiger partial charge in [-0.1, -0.05) is 83.1 Å². The van der Waals surface area contributed by atoms with Gasteiger partial charge >= 0.3 is 5.97 Å². The third-order valence-corrected chi connectivity index (χ3v) is 9.21. The first kappa shape index (κ1) is 36.1. The van der Waals surface area contributed by atoms with E-state index in [9.17, 15) is 9.90 Å². The van der Waals surface area contributed by atoms with Crippen molar-refractivity contribution in [2.75, 3.05) is 6.61 Å². The molecular weight excluding hydrogens is 561 g/mol. The molecule has 2 aromatic carbocycles. The maximum absolute atomic E-state index is 11.9. The van der Waals surface area contributed by atoms with Crippen LogP contribution in [0.25, 0.3) is 0 Å². The van der Waals surface area contributed by atoms with E-state index in [-0.39, 0.29) is 25.7 Å². The third kappa shape index (κ3) is 9.74. The number of thioether (sulfide) groups is 2. The van der Waals surface area contributed by atoms with Crippen LogP contribution in [0.5, 0.6) is 11.5 Å². The number of carbonyl (C=O) groups is 1. The molecule has 2 rings (SSSR count). The number of phenols is 1. The van der Waals surface area contributed by atoms with Gasteiger partial charge in [-0.3, -0.25) is 0 Å². The van der Waals surface area contributed by atoms with Crippen molar-refractivity contribution in [1.29, 1.82) is 0 Å². The molecule has 0 atom stereocenters. The number of hydrogen-bond acceptors (Lipinski definition) is 6. The second-order valence-corrected chi connectivity index (χ2v) is 19.1. The monoisotopic (exact) mass is 614 g/mol. The van der Waals surface area contributed by atoms with Gasteiger partial charge in [0.1, 0.15) is 11.5 Å². The van der Waals surface area contributed by atoms with E-state index in [0.29, 0.717) is 12.4 Å². The summed E-state index contributed by atoms with van der Waals surface area (Å²) in [5.41, 5.74) is 3.36. The summed E-state index contributed by atoms with van der Waals surface area (Å²) in [6.07, 6.45) is 2.77. The predicted octanol–water partition coefficient (Wildman–Crippen LogP) is 10.7. The fourth-order valence-electron chi connectivity index (χ4n) is 4.65. The van der Waals surface area contributed by atoms with Gasteiger partial charge in [0.2, 0.25) is 0 Å². The van der Waals surface area contributed by atoms with Crippen molar-refractivity contribution in [3.05, 3.63) is 58.9 Å². The fourth-order valence-corrected chi connectivity index (χ4v) is 7.24. The van der Waals surface area contributed by atoms with E-state index in [0.717, 1.165) is 37.8 Å². The molecule has 0 saturated heterocycles. The molecular formula is C36H54O4S2. The summed E-state index contributed by atoms with van der Waals surface area (Å²) < 4.78 is 11.0. The minimum Gasteiger partial charge on any atom is -0.507 e. The van der Waals surface area contributed by atoms with Gasteiger partial charge in [-0.15, -0.1) is 23.5 Å². The Kier molecular flexibility index (Phi) is 11.1. The zero-order valence-corrected chi connectivity index (χ0v) is 30.3. The first-order valence-electron chi connectivity index (χ1n) is 14.8. The molecule has 6 heteroatoms. The van der Waals surface area contributed by atoms with Gasteiger partial charge in [-0.25, -0.2) is 4.79 Å². The summed E-state index contributed by atoms with van der Waals surface area (Å²) in [5.74, 6) is 0.770. The largest absolute Gasteiger partial charge is 0.507 e. The highest BCUT2D eigenvalue weighted by molar-refractivity contribution is 8.18. The average Bonchev–Trinajstić information content (AvgIpc) is 2.77. The van der Waals surface area contributed by atoms with Crippen LogP contribution in [0.4, 0.5) is 0 Å². The van der Waals surface area contributed by atoms with Crippen LogP contribution in [0.3, 0.4) is 0 Å². The van der Waals surface area contributed by atoms with Crippen LogP contribution in [-0.2, 0) is 31.2 Å². The second-order valence-electron chi connectivity index (χ2n) is 15.5. The molecule has 4 nitrogen and oxygen atoms in total. The second kappa shape index (κ2) is 12.9. The van der Waals surface area contributed by atoms with E-state index in [4.69, 9.17) is 9.47 Å². The zero-order chi connectivity index (χ0) is 32.5. The van der Waals surface area contributed by atoms with E-state index >= 15 is 0 Å². The van der Waals surface area contributed by atoms with Gasteiger partial charge < -0.3 is 14.6 Å². The molecule has 2 aromatic rings. The standard InChI is InChI=1S/C36H54O4S2/c1-16-39-29(37)17-18-40-31-27(34(8,9)10)21-24(22-28(31)35(11,12)13)42-36(14,15)41-23-19-25(32(2,3)4)30(38)26(20-23)33(5,6)7/h17-22,38H,16H2,1-15H3/b18-17+. The molecule has 1 N–H and O–H groups in total. The summed E-state index contributed by atoms with van der Waals surface area (Å²) in [6.45, 7) is 32.6. The van der Waals surface area contributed by atoms with Crippen molar-refractivity contribution in [1.82, 2.24) is 0 Å². The highest BCUT2D eigenvalue weighted by Crippen LogP contribution is 2.51. The summed E-state index contributed by atoms with van der Waals surface area (Å²) in [6, 6.07) is 8.78. The van der Waals surface area contributed by atoms with Crippen LogP contribution >= 0.6 is 23.5 Å². The Morgan fingerprint density at radius 2 is 1.05 bits per heavy atom. The molecule has 0 amide bonds. The van der Waals surface area contributed by atoms with Gasteiger partial charge in [0.05, 0.1) is 23.0 Å². The van der Waals surface area contributed by atoms with E-state index in [1.54, 1.807) is 6.92 Å². The third-order valence-electron chi connectivity index (χ3n) is 6.78. The first-order valence-corrected chi connectivity index (χ1v) is 16.4. The Morgan fingerprint density at radius 3 is 1.38 bits per heavy atom. The fraction of sp³-hybridized carbons (Fsp3) is 0.583. The van der Waals surface area contributed by atoms with Crippen molar-refractivity contribution < 1.29 is 19.4 Å². The molecule has 0 aliphatic carbocycles. The van der Waals surface area contributed by atoms with Gasteiger partial charge in [0, 0.05) is 32.0 Å². The first-order chi connectivity index (χ1) is 18.9. The molecule has 0 aliphatic rings. The zero-order valence-electron chi connectivity index (χ0n) is 28.7. The molecule has 0 unspecified atom stereocenters. The molecule has 0 bridgehead atoms. The molecule has 0 radical (unpaired) electrons. The minimum absolute atomic E-state index is 0.182. The normalized spacial score (nSPS) is 13.5. The molecule has 0 heterocycles. The van der Waals surface area contributed by atoms with Crippen LogP contribution < -0.4 is 4.74 Å². The highest BCUT2D eigenvalue weighted by Gasteiger charge is 2.32. The van der Waals surface area contributed by atoms with Crippen molar-refractivity contribution in [2.45, 2.75) is 139 Å².